The minimum Gasteiger partial charge on any atom is -0.410 e. The van der Waals surface area contributed by atoms with Gasteiger partial charge in [0.05, 0.1) is 6.61 Å². The number of halogens is 11. The van der Waals surface area contributed by atoms with Gasteiger partial charge in [0.2, 0.25) is 5.83 Å². The summed E-state index contributed by atoms with van der Waals surface area (Å²) in [5.41, 5.74) is 0. The van der Waals surface area contributed by atoms with E-state index in [1.54, 1.807) is 0 Å². The van der Waals surface area contributed by atoms with Crippen molar-refractivity contribution in [3.8, 4) is 0 Å². The maximum absolute atomic E-state index is 13.5. The molecule has 2 atom stereocenters. The molecule has 2 unspecified atom stereocenters. The Morgan fingerprint density at radius 3 is 1.85 bits per heavy atom. The molecule has 20 heteroatoms. The van der Waals surface area contributed by atoms with Crippen molar-refractivity contribution >= 4 is 22.0 Å². The molecule has 0 aromatic rings. The SMILES string of the molecule is C=C(F)C(=O)OC(OCCCC(F)(F)C(F)(F)S(=O)(=O)O)(C(=O)NC(C)C(F)(F)F)C(F)(F)F. The zero-order valence-corrected chi connectivity index (χ0v) is 17.2. The van der Waals surface area contributed by atoms with Gasteiger partial charge in [0.15, 0.2) is 0 Å². The molecular formula is C14H14F11NO7S. The molecule has 0 aliphatic rings. The van der Waals surface area contributed by atoms with Crippen LogP contribution in [0.2, 0.25) is 0 Å². The van der Waals surface area contributed by atoms with Crippen molar-refractivity contribution in [1.82, 2.24) is 5.32 Å². The molecule has 0 aliphatic heterocycles. The zero-order chi connectivity index (χ0) is 27.6. The standard InChI is InChI=1S/C14H14F11NO7S/c1-6(15)8(27)33-11(13(21,22)23,9(28)26-7(2)12(18,19)20)32-5-3-4-10(16,17)14(24,25)34(29,30)31/h7H,1,3-5H2,2H3,(H,26,28)(H,29,30,31). The van der Waals surface area contributed by atoms with E-state index in [0.717, 1.165) is 0 Å². The van der Waals surface area contributed by atoms with Gasteiger partial charge in [-0.05, 0) is 13.3 Å². The number of nitrogens with one attached hydrogen (secondary N) is 1. The lowest BCUT2D eigenvalue weighted by atomic mass is 10.1. The van der Waals surface area contributed by atoms with Gasteiger partial charge in [-0.2, -0.15) is 56.7 Å². The first-order valence-electron chi connectivity index (χ1n) is 8.22. The van der Waals surface area contributed by atoms with Crippen LogP contribution in [-0.2, 0) is 29.2 Å². The Kier molecular flexibility index (Phi) is 9.52. The molecule has 0 heterocycles. The molecule has 0 bridgehead atoms. The highest BCUT2D eigenvalue weighted by Crippen LogP contribution is 2.42. The Morgan fingerprint density at radius 1 is 1.03 bits per heavy atom. The molecule has 0 aromatic carbocycles. The topological polar surface area (TPSA) is 119 Å². The van der Waals surface area contributed by atoms with Gasteiger partial charge >= 0.3 is 51.3 Å². The largest absolute Gasteiger partial charge is 0.466 e. The molecule has 0 radical (unpaired) electrons. The number of carbonyl (C=O) groups is 2. The van der Waals surface area contributed by atoms with Gasteiger partial charge in [0.1, 0.15) is 6.04 Å². The van der Waals surface area contributed by atoms with Crippen LogP contribution < -0.4 is 5.32 Å². The minimum atomic E-state index is -6.71. The summed E-state index contributed by atoms with van der Waals surface area (Å²) in [5, 5.41) is -5.43. The number of rotatable bonds is 11. The molecule has 0 rings (SSSR count). The predicted octanol–water partition coefficient (Wildman–Crippen LogP) is 3.25. The van der Waals surface area contributed by atoms with Gasteiger partial charge < -0.3 is 14.8 Å². The fraction of sp³-hybridized carbons (Fsp3) is 0.714. The summed E-state index contributed by atoms with van der Waals surface area (Å²) in [6.45, 7) is 0.419. The van der Waals surface area contributed by atoms with E-state index in [1.165, 1.54) is 0 Å². The summed E-state index contributed by atoms with van der Waals surface area (Å²) in [5.74, 6) is -18.7. The minimum absolute atomic E-state index is 0.118. The Hall–Kier alpha value is -2.22. The monoisotopic (exact) mass is 549 g/mol. The first-order chi connectivity index (χ1) is 14.8. The summed E-state index contributed by atoms with van der Waals surface area (Å²) in [7, 11) is -6.71. The average Bonchev–Trinajstić information content (AvgIpc) is 2.60. The fourth-order valence-electron chi connectivity index (χ4n) is 1.81. The van der Waals surface area contributed by atoms with Crippen LogP contribution in [0.25, 0.3) is 0 Å². The summed E-state index contributed by atoms with van der Waals surface area (Å²) < 4.78 is 180. The first-order valence-corrected chi connectivity index (χ1v) is 9.66. The summed E-state index contributed by atoms with van der Waals surface area (Å²) in [4.78, 5) is 23.2. The number of esters is 1. The molecular weight excluding hydrogens is 535 g/mol. The van der Waals surface area contributed by atoms with Crippen LogP contribution in [0.15, 0.2) is 12.4 Å². The van der Waals surface area contributed by atoms with Gasteiger partial charge in [0.25, 0.3) is 0 Å². The van der Waals surface area contributed by atoms with E-state index in [2.05, 4.69) is 16.1 Å². The van der Waals surface area contributed by atoms with Gasteiger partial charge in [-0.15, -0.1) is 0 Å². The van der Waals surface area contributed by atoms with Crippen molar-refractivity contribution in [2.75, 3.05) is 6.61 Å². The van der Waals surface area contributed by atoms with Crippen LogP contribution in [0.3, 0.4) is 0 Å². The van der Waals surface area contributed by atoms with Gasteiger partial charge in [-0.3, -0.25) is 9.35 Å². The summed E-state index contributed by atoms with van der Waals surface area (Å²) >= 11 is 0. The molecule has 2 N–H and O–H groups in total. The van der Waals surface area contributed by atoms with Crippen LogP contribution in [0.1, 0.15) is 19.8 Å². The number of hydrogen-bond acceptors (Lipinski definition) is 6. The Labute approximate surface area is 182 Å². The third kappa shape index (κ3) is 7.14. The number of alkyl halides is 10. The van der Waals surface area contributed by atoms with E-state index >= 15 is 0 Å². The Morgan fingerprint density at radius 2 is 1.50 bits per heavy atom. The Balaban J connectivity index is 6.00. The van der Waals surface area contributed by atoms with Gasteiger partial charge in [0, 0.05) is 6.42 Å². The number of hydrogen-bond donors (Lipinski definition) is 2. The van der Waals surface area contributed by atoms with Gasteiger partial charge in [-0.25, -0.2) is 4.79 Å². The molecule has 8 nitrogen and oxygen atoms in total. The lowest BCUT2D eigenvalue weighted by Crippen LogP contribution is -2.64. The normalized spacial score (nSPS) is 16.4. The second-order valence-corrected chi connectivity index (χ2v) is 7.76. The molecule has 0 aromatic heterocycles. The molecule has 0 saturated heterocycles. The third-order valence-electron chi connectivity index (χ3n) is 3.66. The smallest absolute Gasteiger partial charge is 0.410 e. The van der Waals surface area contributed by atoms with Crippen molar-refractivity contribution in [3.63, 3.8) is 0 Å². The van der Waals surface area contributed by atoms with E-state index < -0.39 is 82.6 Å². The van der Waals surface area contributed by atoms with Crippen LogP contribution in [0, 0.1) is 0 Å². The number of amides is 1. The van der Waals surface area contributed by atoms with Crippen LogP contribution in [-0.4, -0.2) is 66.8 Å². The van der Waals surface area contributed by atoms with Crippen molar-refractivity contribution < 1.29 is 80.3 Å². The third-order valence-corrected chi connectivity index (χ3v) is 4.61. The highest BCUT2D eigenvalue weighted by atomic mass is 32.2. The van der Waals surface area contributed by atoms with E-state index in [4.69, 9.17) is 4.55 Å². The van der Waals surface area contributed by atoms with E-state index in [0.29, 0.717) is 5.32 Å². The van der Waals surface area contributed by atoms with Crippen LogP contribution in [0.4, 0.5) is 48.3 Å². The molecule has 1 amide bonds. The van der Waals surface area contributed by atoms with Crippen molar-refractivity contribution in [1.29, 1.82) is 0 Å². The molecule has 34 heavy (non-hydrogen) atoms. The van der Waals surface area contributed by atoms with E-state index in [-0.39, 0.29) is 6.92 Å². The quantitative estimate of drug-likeness (QED) is 0.101. The first kappa shape index (κ1) is 31.8. The van der Waals surface area contributed by atoms with Crippen LogP contribution >= 0.6 is 0 Å². The summed E-state index contributed by atoms with van der Waals surface area (Å²) in [6.07, 6.45) is -15.7. The highest BCUT2D eigenvalue weighted by Gasteiger charge is 2.68. The van der Waals surface area contributed by atoms with Crippen molar-refractivity contribution in [2.24, 2.45) is 0 Å². The second-order valence-electron chi connectivity index (χ2n) is 6.29. The molecule has 0 fully saturated rings. The lowest BCUT2D eigenvalue weighted by Gasteiger charge is -2.34. The summed E-state index contributed by atoms with van der Waals surface area (Å²) in [6, 6.07) is -3.06. The predicted molar refractivity (Wildman–Crippen MR) is 85.4 cm³/mol. The zero-order valence-electron chi connectivity index (χ0n) is 16.4. The number of carbonyl (C=O) groups excluding carboxylic acids is 2. The Bertz CT molecular complexity index is 885. The highest BCUT2D eigenvalue weighted by molar-refractivity contribution is 7.87. The molecule has 0 spiro atoms. The number of ether oxygens (including phenoxy) is 2. The van der Waals surface area contributed by atoms with Crippen molar-refractivity contribution in [3.05, 3.63) is 12.4 Å². The van der Waals surface area contributed by atoms with E-state index in [9.17, 15) is 66.3 Å². The maximum atomic E-state index is 13.5. The van der Waals surface area contributed by atoms with Crippen molar-refractivity contribution in [2.45, 2.75) is 55.1 Å². The molecule has 200 valence electrons. The van der Waals surface area contributed by atoms with E-state index in [1.807, 2.05) is 0 Å². The fourth-order valence-corrected chi connectivity index (χ4v) is 2.29. The van der Waals surface area contributed by atoms with Gasteiger partial charge in [-0.1, -0.05) is 6.58 Å². The lowest BCUT2D eigenvalue weighted by molar-refractivity contribution is -0.348. The average molecular weight is 549 g/mol. The molecule has 0 saturated carbocycles. The molecule has 0 aliphatic carbocycles. The maximum Gasteiger partial charge on any atom is 0.466 e. The second kappa shape index (κ2) is 10.2. The van der Waals surface area contributed by atoms with Crippen LogP contribution in [0.5, 0.6) is 0 Å².